The number of hydrogen-bond donors (Lipinski definition) is 1. The Morgan fingerprint density at radius 1 is 1.50 bits per heavy atom. The average molecular weight is 209 g/mol. The Kier molecular flexibility index (Phi) is 4.26. The Bertz CT molecular complexity index is 328. The van der Waals surface area contributed by atoms with Crippen molar-refractivity contribution < 1.29 is 9.84 Å². The zero-order valence-electron chi connectivity index (χ0n) is 7.80. The summed E-state index contributed by atoms with van der Waals surface area (Å²) in [6.07, 6.45) is -0.464. The highest BCUT2D eigenvalue weighted by Gasteiger charge is 1.97. The summed E-state index contributed by atoms with van der Waals surface area (Å²) in [6.45, 7) is 1.96. The summed E-state index contributed by atoms with van der Waals surface area (Å²) in [7, 11) is 0. The van der Waals surface area contributed by atoms with Gasteiger partial charge in [-0.15, -0.1) is 0 Å². The first-order valence-corrected chi connectivity index (χ1v) is 4.62. The van der Waals surface area contributed by atoms with Gasteiger partial charge in [-0.3, -0.25) is 0 Å². The molecule has 0 bridgehead atoms. The predicted molar refractivity (Wildman–Crippen MR) is 58.3 cm³/mol. The number of aliphatic hydroxyl groups is 1. The van der Waals surface area contributed by atoms with E-state index in [0.717, 1.165) is 5.69 Å². The molecule has 0 saturated carbocycles. The van der Waals surface area contributed by atoms with Crippen molar-refractivity contribution in [3.05, 3.63) is 24.3 Å². The van der Waals surface area contributed by atoms with Crippen molar-refractivity contribution >= 4 is 23.1 Å². The van der Waals surface area contributed by atoms with Gasteiger partial charge in [-0.05, 0) is 43.4 Å². The molecule has 0 radical (unpaired) electrons. The molecule has 0 heterocycles. The molecular weight excluding hydrogens is 198 g/mol. The molecule has 1 N–H and O–H groups in total. The Morgan fingerprint density at radius 3 is 2.64 bits per heavy atom. The maximum Gasteiger partial charge on any atom is 0.119 e. The molecule has 1 unspecified atom stereocenters. The fourth-order valence-electron chi connectivity index (χ4n) is 0.886. The van der Waals surface area contributed by atoms with Crippen LogP contribution in [0.15, 0.2) is 29.3 Å². The van der Waals surface area contributed by atoms with Crippen LogP contribution in [0.5, 0.6) is 5.75 Å². The fraction of sp³-hybridized carbons (Fsp3) is 0.300. The summed E-state index contributed by atoms with van der Waals surface area (Å²) >= 11 is 4.47. The quantitative estimate of drug-likeness (QED) is 0.610. The average Bonchev–Trinajstić information content (AvgIpc) is 2.17. The minimum absolute atomic E-state index is 0.287. The molecule has 0 aliphatic carbocycles. The molecule has 0 amide bonds. The highest BCUT2D eigenvalue weighted by molar-refractivity contribution is 7.78. The van der Waals surface area contributed by atoms with Crippen LogP contribution in [0.3, 0.4) is 0 Å². The van der Waals surface area contributed by atoms with Gasteiger partial charge in [0.15, 0.2) is 0 Å². The van der Waals surface area contributed by atoms with E-state index < -0.39 is 6.10 Å². The van der Waals surface area contributed by atoms with Crippen molar-refractivity contribution in [2.24, 2.45) is 4.99 Å². The molecule has 74 valence electrons. The van der Waals surface area contributed by atoms with Gasteiger partial charge in [0.1, 0.15) is 12.4 Å². The lowest BCUT2D eigenvalue weighted by Gasteiger charge is -2.07. The van der Waals surface area contributed by atoms with Crippen LogP contribution in [0.25, 0.3) is 0 Å². The third-order valence-electron chi connectivity index (χ3n) is 1.50. The number of rotatable bonds is 4. The summed E-state index contributed by atoms with van der Waals surface area (Å²) in [5, 5.41) is 11.3. The van der Waals surface area contributed by atoms with E-state index in [0.29, 0.717) is 5.75 Å². The van der Waals surface area contributed by atoms with Gasteiger partial charge in [0, 0.05) is 0 Å². The van der Waals surface area contributed by atoms with Crippen molar-refractivity contribution in [1.82, 2.24) is 0 Å². The molecule has 0 fully saturated rings. The molecule has 0 aliphatic heterocycles. The van der Waals surface area contributed by atoms with Gasteiger partial charge in [-0.2, -0.15) is 4.99 Å². The van der Waals surface area contributed by atoms with Crippen LogP contribution in [0, 0.1) is 0 Å². The largest absolute Gasteiger partial charge is 0.491 e. The molecule has 0 aliphatic rings. The van der Waals surface area contributed by atoms with E-state index in [9.17, 15) is 0 Å². The number of nitrogens with zero attached hydrogens (tertiary/aromatic N) is 1. The maximum absolute atomic E-state index is 8.99. The molecule has 0 spiro atoms. The number of isothiocyanates is 1. The molecule has 1 atom stereocenters. The van der Waals surface area contributed by atoms with E-state index in [-0.39, 0.29) is 6.61 Å². The molecule has 3 nitrogen and oxygen atoms in total. The summed E-state index contributed by atoms with van der Waals surface area (Å²) in [4.78, 5) is 3.80. The summed E-state index contributed by atoms with van der Waals surface area (Å²) < 4.78 is 5.26. The molecule has 14 heavy (non-hydrogen) atoms. The lowest BCUT2D eigenvalue weighted by Crippen LogP contribution is -2.12. The third-order valence-corrected chi connectivity index (χ3v) is 1.59. The van der Waals surface area contributed by atoms with E-state index >= 15 is 0 Å². The van der Waals surface area contributed by atoms with E-state index in [2.05, 4.69) is 22.4 Å². The normalized spacial score (nSPS) is 11.6. The van der Waals surface area contributed by atoms with Gasteiger partial charge < -0.3 is 9.84 Å². The Labute approximate surface area is 88.1 Å². The summed E-state index contributed by atoms with van der Waals surface area (Å²) in [6, 6.07) is 7.09. The van der Waals surface area contributed by atoms with Crippen molar-refractivity contribution in [2.75, 3.05) is 6.61 Å². The van der Waals surface area contributed by atoms with Crippen molar-refractivity contribution in [3.8, 4) is 5.75 Å². The molecule has 1 aromatic carbocycles. The number of ether oxygens (including phenoxy) is 1. The minimum atomic E-state index is -0.464. The number of benzene rings is 1. The van der Waals surface area contributed by atoms with E-state index in [1.807, 2.05) is 0 Å². The Morgan fingerprint density at radius 2 is 2.14 bits per heavy atom. The maximum atomic E-state index is 8.99. The summed E-state index contributed by atoms with van der Waals surface area (Å²) in [5.41, 5.74) is 0.740. The zero-order valence-corrected chi connectivity index (χ0v) is 8.62. The topological polar surface area (TPSA) is 41.8 Å². The van der Waals surface area contributed by atoms with E-state index in [4.69, 9.17) is 9.84 Å². The first kappa shape index (κ1) is 10.9. The Balaban J connectivity index is 2.59. The molecule has 4 heteroatoms. The van der Waals surface area contributed by atoms with Crippen molar-refractivity contribution in [3.63, 3.8) is 0 Å². The number of hydrogen-bond acceptors (Lipinski definition) is 4. The van der Waals surface area contributed by atoms with Crippen LogP contribution in [-0.2, 0) is 0 Å². The number of thiocarbonyl (C=S) groups is 1. The predicted octanol–water partition coefficient (Wildman–Crippen LogP) is 2.18. The zero-order chi connectivity index (χ0) is 10.4. The highest BCUT2D eigenvalue weighted by Crippen LogP contribution is 2.17. The second-order valence-corrected chi connectivity index (χ2v) is 3.04. The van der Waals surface area contributed by atoms with Crippen molar-refractivity contribution in [2.45, 2.75) is 13.0 Å². The van der Waals surface area contributed by atoms with Gasteiger partial charge in [0.05, 0.1) is 17.0 Å². The van der Waals surface area contributed by atoms with Gasteiger partial charge in [-0.1, -0.05) is 0 Å². The van der Waals surface area contributed by atoms with Crippen LogP contribution in [0.4, 0.5) is 5.69 Å². The van der Waals surface area contributed by atoms with Crippen molar-refractivity contribution in [1.29, 1.82) is 0 Å². The van der Waals surface area contributed by atoms with Gasteiger partial charge in [0.2, 0.25) is 0 Å². The van der Waals surface area contributed by atoms with Crippen LogP contribution in [0.2, 0.25) is 0 Å². The smallest absolute Gasteiger partial charge is 0.119 e. The standard InChI is InChI=1S/C10H11NO2S/c1-8(12)6-13-10-4-2-9(3-5-10)11-7-14/h2-5,8,12H,6H2,1H3. The molecule has 0 saturated heterocycles. The fourth-order valence-corrected chi connectivity index (χ4v) is 0.992. The second kappa shape index (κ2) is 5.50. The van der Waals surface area contributed by atoms with Crippen LogP contribution in [-0.4, -0.2) is 23.0 Å². The SMILES string of the molecule is CC(O)COc1ccc(N=C=S)cc1. The molecular formula is C10H11NO2S. The highest BCUT2D eigenvalue weighted by atomic mass is 32.1. The van der Waals surface area contributed by atoms with Gasteiger partial charge >= 0.3 is 0 Å². The Hall–Kier alpha value is -1.22. The lowest BCUT2D eigenvalue weighted by atomic mass is 10.3. The molecule has 1 aromatic rings. The van der Waals surface area contributed by atoms with E-state index in [1.165, 1.54) is 0 Å². The first-order chi connectivity index (χ1) is 6.72. The number of aliphatic imine (C=N–C) groups is 1. The van der Waals surface area contributed by atoms with Crippen LogP contribution >= 0.6 is 12.2 Å². The number of aliphatic hydroxyl groups excluding tert-OH is 1. The van der Waals surface area contributed by atoms with Crippen LogP contribution < -0.4 is 4.74 Å². The van der Waals surface area contributed by atoms with Gasteiger partial charge in [-0.25, -0.2) is 0 Å². The molecule has 0 aromatic heterocycles. The third kappa shape index (κ3) is 3.66. The minimum Gasteiger partial charge on any atom is -0.491 e. The lowest BCUT2D eigenvalue weighted by molar-refractivity contribution is 0.123. The second-order valence-electron chi connectivity index (χ2n) is 2.86. The van der Waals surface area contributed by atoms with E-state index in [1.54, 1.807) is 31.2 Å². The molecule has 1 rings (SSSR count). The monoisotopic (exact) mass is 209 g/mol. The first-order valence-electron chi connectivity index (χ1n) is 4.21. The van der Waals surface area contributed by atoms with Crippen LogP contribution in [0.1, 0.15) is 6.92 Å². The van der Waals surface area contributed by atoms with Gasteiger partial charge in [0.25, 0.3) is 0 Å². The summed E-state index contributed by atoms with van der Waals surface area (Å²) in [5.74, 6) is 0.703.